The number of benzene rings is 1. The summed E-state index contributed by atoms with van der Waals surface area (Å²) in [6.45, 7) is 4.76. The lowest BCUT2D eigenvalue weighted by Crippen LogP contribution is -2.66. The maximum atomic E-state index is 13.9. The molecule has 1 aliphatic rings. The summed E-state index contributed by atoms with van der Waals surface area (Å²) in [5.41, 5.74) is 6.79. The molecular formula is C25H26ClN7O3. The first-order chi connectivity index (χ1) is 17.2. The molecule has 0 saturated carbocycles. The number of amides is 3. The molecule has 0 atom stereocenters. The number of halogens is 1. The van der Waals surface area contributed by atoms with E-state index in [0.717, 1.165) is 11.1 Å². The van der Waals surface area contributed by atoms with Gasteiger partial charge in [-0.15, -0.1) is 10.2 Å². The van der Waals surface area contributed by atoms with E-state index in [9.17, 15) is 14.4 Å². The molecule has 186 valence electrons. The fourth-order valence-electron chi connectivity index (χ4n) is 4.36. The third-order valence-electron chi connectivity index (χ3n) is 6.27. The Morgan fingerprint density at radius 3 is 2.44 bits per heavy atom. The van der Waals surface area contributed by atoms with E-state index >= 15 is 0 Å². The van der Waals surface area contributed by atoms with Gasteiger partial charge in [0.15, 0.2) is 11.5 Å². The van der Waals surface area contributed by atoms with Crippen molar-refractivity contribution in [3.8, 4) is 0 Å². The van der Waals surface area contributed by atoms with Crippen LogP contribution in [0.1, 0.15) is 51.7 Å². The number of aromatic nitrogens is 3. The highest BCUT2D eigenvalue weighted by Crippen LogP contribution is 2.41. The molecule has 10 nitrogen and oxygen atoms in total. The number of nitrogens with two attached hydrogens (primary N) is 1. The third-order valence-corrected chi connectivity index (χ3v) is 6.48. The Labute approximate surface area is 213 Å². The number of carbonyl (C=O) groups is 3. The zero-order valence-corrected chi connectivity index (χ0v) is 20.8. The van der Waals surface area contributed by atoms with Crippen molar-refractivity contribution in [2.75, 3.05) is 30.4 Å². The summed E-state index contributed by atoms with van der Waals surface area (Å²) in [4.78, 5) is 43.6. The summed E-state index contributed by atoms with van der Waals surface area (Å²) in [6, 6.07) is 12.4. The van der Waals surface area contributed by atoms with E-state index < -0.39 is 17.2 Å². The van der Waals surface area contributed by atoms with E-state index in [1.807, 2.05) is 29.2 Å². The van der Waals surface area contributed by atoms with Crippen molar-refractivity contribution < 1.29 is 14.4 Å². The number of anilines is 2. The fraction of sp³-hybridized carbons (Fsp3) is 0.280. The molecule has 1 fully saturated rings. The molecule has 0 aliphatic carbocycles. The highest BCUT2D eigenvalue weighted by molar-refractivity contribution is 6.30. The van der Waals surface area contributed by atoms with Gasteiger partial charge in [-0.1, -0.05) is 49.7 Å². The summed E-state index contributed by atoms with van der Waals surface area (Å²) in [6.07, 6.45) is 1.37. The maximum absolute atomic E-state index is 13.9. The summed E-state index contributed by atoms with van der Waals surface area (Å²) >= 11 is 6.00. The second kappa shape index (κ2) is 9.90. The van der Waals surface area contributed by atoms with E-state index in [1.54, 1.807) is 6.07 Å². The second-order valence-electron chi connectivity index (χ2n) is 8.91. The molecule has 1 aromatic carbocycles. The second-order valence-corrected chi connectivity index (χ2v) is 9.29. The first-order valence-corrected chi connectivity index (χ1v) is 11.7. The summed E-state index contributed by atoms with van der Waals surface area (Å²) in [7, 11) is 1.50. The van der Waals surface area contributed by atoms with Gasteiger partial charge < -0.3 is 21.3 Å². The molecule has 4 N–H and O–H groups in total. The molecule has 3 aromatic rings. The molecule has 0 spiro atoms. The van der Waals surface area contributed by atoms with Crippen LogP contribution < -0.4 is 21.3 Å². The lowest BCUT2D eigenvalue weighted by molar-refractivity contribution is -0.122. The Morgan fingerprint density at radius 1 is 1.11 bits per heavy atom. The molecule has 0 unspecified atom stereocenters. The number of nitrogens with zero attached hydrogens (tertiary/aromatic N) is 4. The zero-order valence-electron chi connectivity index (χ0n) is 20.1. The predicted molar refractivity (Wildman–Crippen MR) is 136 cm³/mol. The van der Waals surface area contributed by atoms with Gasteiger partial charge >= 0.3 is 0 Å². The summed E-state index contributed by atoms with van der Waals surface area (Å²) in [5.74, 6) is -0.660. The molecule has 1 saturated heterocycles. The van der Waals surface area contributed by atoms with Gasteiger partial charge in [-0.2, -0.15) is 0 Å². The van der Waals surface area contributed by atoms with Crippen molar-refractivity contribution in [2.24, 2.45) is 5.73 Å². The predicted octanol–water partition coefficient (Wildman–Crippen LogP) is 2.50. The Hall–Kier alpha value is -4.05. The number of hydrogen-bond acceptors (Lipinski definition) is 7. The van der Waals surface area contributed by atoms with Crippen molar-refractivity contribution in [2.45, 2.75) is 25.2 Å². The average Bonchev–Trinajstić information content (AvgIpc) is 2.84. The minimum atomic E-state index is -0.940. The monoisotopic (exact) mass is 507 g/mol. The fourth-order valence-corrected chi connectivity index (χ4v) is 4.52. The van der Waals surface area contributed by atoms with Crippen molar-refractivity contribution in [3.05, 3.63) is 76.2 Å². The number of hydrogen-bond donors (Lipinski definition) is 3. The molecule has 3 amide bonds. The van der Waals surface area contributed by atoms with E-state index in [-0.39, 0.29) is 33.9 Å². The van der Waals surface area contributed by atoms with E-state index in [2.05, 4.69) is 39.7 Å². The van der Waals surface area contributed by atoms with Crippen molar-refractivity contribution >= 4 is 40.8 Å². The number of pyridine rings is 1. The number of primary amides is 1. The standard InChI is InChI=1S/C25H26ClN7O3/c1-14(2)15-6-4-5-7-17(15)25(12-33(13-25)21-9-8-18(22(27)34)31-32-21)24(36)30-19-11-29-20(26)10-16(19)23(35)28-3/h4-11,14H,12-13H2,1-3H3,(H2,27,34)(H,28,35)(H,30,36). The van der Waals surface area contributed by atoms with Gasteiger partial charge in [0.25, 0.3) is 11.8 Å². The van der Waals surface area contributed by atoms with Crippen LogP contribution in [0.5, 0.6) is 0 Å². The van der Waals surface area contributed by atoms with Crippen LogP contribution in [0.4, 0.5) is 11.5 Å². The summed E-state index contributed by atoms with van der Waals surface area (Å²) in [5, 5.41) is 13.6. The van der Waals surface area contributed by atoms with Crippen LogP contribution in [0, 0.1) is 0 Å². The molecule has 3 heterocycles. The van der Waals surface area contributed by atoms with Gasteiger partial charge in [-0.25, -0.2) is 4.98 Å². The van der Waals surface area contributed by atoms with Crippen LogP contribution in [0.2, 0.25) is 5.15 Å². The lowest BCUT2D eigenvalue weighted by Gasteiger charge is -2.50. The third kappa shape index (κ3) is 4.59. The lowest BCUT2D eigenvalue weighted by atomic mass is 9.69. The molecule has 4 rings (SSSR count). The quantitative estimate of drug-likeness (QED) is 0.417. The topological polar surface area (TPSA) is 143 Å². The van der Waals surface area contributed by atoms with E-state index in [0.29, 0.717) is 18.9 Å². The minimum absolute atomic E-state index is 0.0606. The van der Waals surface area contributed by atoms with E-state index in [4.69, 9.17) is 17.3 Å². The highest BCUT2D eigenvalue weighted by atomic mass is 35.5. The Morgan fingerprint density at radius 2 is 1.83 bits per heavy atom. The van der Waals surface area contributed by atoms with Crippen LogP contribution in [0.3, 0.4) is 0 Å². The van der Waals surface area contributed by atoms with E-state index in [1.165, 1.54) is 25.4 Å². The summed E-state index contributed by atoms with van der Waals surface area (Å²) < 4.78 is 0. The first-order valence-electron chi connectivity index (χ1n) is 11.3. The molecule has 2 aromatic heterocycles. The van der Waals surface area contributed by atoms with Gasteiger partial charge in [0.1, 0.15) is 10.6 Å². The number of rotatable bonds is 7. The molecule has 0 radical (unpaired) electrons. The first kappa shape index (κ1) is 25.1. The van der Waals surface area contributed by atoms with Crippen LogP contribution >= 0.6 is 11.6 Å². The Kier molecular flexibility index (Phi) is 6.89. The molecule has 36 heavy (non-hydrogen) atoms. The number of carbonyl (C=O) groups excluding carboxylic acids is 3. The smallest absolute Gasteiger partial charge is 0.269 e. The van der Waals surface area contributed by atoms with Crippen LogP contribution in [-0.4, -0.2) is 53.0 Å². The van der Waals surface area contributed by atoms with Gasteiger partial charge in [0, 0.05) is 20.1 Å². The van der Waals surface area contributed by atoms with Crippen LogP contribution in [0.25, 0.3) is 0 Å². The van der Waals surface area contributed by atoms with Crippen LogP contribution in [-0.2, 0) is 10.2 Å². The van der Waals surface area contributed by atoms with Crippen molar-refractivity contribution in [3.63, 3.8) is 0 Å². The molecule has 1 aliphatic heterocycles. The highest BCUT2D eigenvalue weighted by Gasteiger charge is 2.52. The SMILES string of the molecule is CNC(=O)c1cc(Cl)ncc1NC(=O)C1(c2ccccc2C(C)C)CN(c2ccc(C(N)=O)nn2)C1. The average molecular weight is 508 g/mol. The molecule has 11 heteroatoms. The van der Waals surface area contributed by atoms with Crippen molar-refractivity contribution in [1.29, 1.82) is 0 Å². The van der Waals surface area contributed by atoms with Crippen LogP contribution in [0.15, 0.2) is 48.7 Å². The molecular weight excluding hydrogens is 482 g/mol. The minimum Gasteiger partial charge on any atom is -0.364 e. The largest absolute Gasteiger partial charge is 0.364 e. The maximum Gasteiger partial charge on any atom is 0.269 e. The van der Waals surface area contributed by atoms with Gasteiger partial charge in [-0.05, 0) is 35.2 Å². The normalized spacial score (nSPS) is 14.2. The van der Waals surface area contributed by atoms with Crippen molar-refractivity contribution in [1.82, 2.24) is 20.5 Å². The Bertz CT molecular complexity index is 1320. The van der Waals surface area contributed by atoms with Gasteiger partial charge in [0.2, 0.25) is 5.91 Å². The Balaban J connectivity index is 1.71. The zero-order chi connectivity index (χ0) is 26.0. The van der Waals surface area contributed by atoms with Gasteiger partial charge in [-0.3, -0.25) is 14.4 Å². The molecule has 0 bridgehead atoms. The van der Waals surface area contributed by atoms with Gasteiger partial charge in [0.05, 0.1) is 17.4 Å². The number of nitrogens with one attached hydrogen (secondary N) is 2.